The first-order valence-corrected chi connectivity index (χ1v) is 7.52. The molecule has 1 amide bonds. The Morgan fingerprint density at radius 1 is 1.35 bits per heavy atom. The molecule has 2 aromatic rings. The fourth-order valence-corrected chi connectivity index (χ4v) is 2.52. The Balaban J connectivity index is 1.83. The van der Waals surface area contributed by atoms with E-state index in [9.17, 15) is 9.59 Å². The van der Waals surface area contributed by atoms with Gasteiger partial charge in [-0.05, 0) is 19.1 Å². The van der Waals surface area contributed by atoms with Crippen LogP contribution < -0.4 is 5.56 Å². The molecule has 1 aliphatic heterocycles. The van der Waals surface area contributed by atoms with Crippen LogP contribution in [-0.4, -0.2) is 52.1 Å². The fourth-order valence-electron chi connectivity index (χ4n) is 2.52. The van der Waals surface area contributed by atoms with Gasteiger partial charge in [-0.25, -0.2) is 4.98 Å². The summed E-state index contributed by atoms with van der Waals surface area (Å²) in [5, 5.41) is 0. The lowest BCUT2D eigenvalue weighted by Crippen LogP contribution is -2.42. The summed E-state index contributed by atoms with van der Waals surface area (Å²) in [6.45, 7) is 3.95. The van der Waals surface area contributed by atoms with Crippen molar-refractivity contribution in [2.75, 3.05) is 26.3 Å². The molecular weight excluding hydrogens is 296 g/mol. The lowest BCUT2D eigenvalue weighted by Gasteiger charge is -2.26. The molecule has 0 unspecified atom stereocenters. The number of carbonyl (C=O) groups excluding carboxylic acids is 1. The molecule has 1 aliphatic rings. The number of pyridine rings is 1. The van der Waals surface area contributed by atoms with Crippen LogP contribution in [0.3, 0.4) is 0 Å². The summed E-state index contributed by atoms with van der Waals surface area (Å²) in [6.07, 6.45) is 1.69. The average molecular weight is 314 g/mol. The number of aromatic nitrogens is 3. The Morgan fingerprint density at radius 3 is 2.78 bits per heavy atom. The summed E-state index contributed by atoms with van der Waals surface area (Å²) in [4.78, 5) is 37.6. The van der Waals surface area contributed by atoms with Gasteiger partial charge in [-0.15, -0.1) is 0 Å². The molecule has 120 valence electrons. The first-order chi connectivity index (χ1) is 11.1. The maximum absolute atomic E-state index is 12.3. The Labute approximate surface area is 133 Å². The second-order valence-electron chi connectivity index (χ2n) is 5.36. The van der Waals surface area contributed by atoms with Crippen LogP contribution in [0.2, 0.25) is 0 Å². The van der Waals surface area contributed by atoms with E-state index in [4.69, 9.17) is 4.74 Å². The van der Waals surface area contributed by atoms with Gasteiger partial charge in [0.1, 0.15) is 5.69 Å². The molecule has 0 aliphatic carbocycles. The van der Waals surface area contributed by atoms with Crippen molar-refractivity contribution < 1.29 is 9.53 Å². The van der Waals surface area contributed by atoms with Crippen LogP contribution >= 0.6 is 0 Å². The molecule has 0 radical (unpaired) electrons. The van der Waals surface area contributed by atoms with Gasteiger partial charge in [0.05, 0.1) is 19.6 Å². The van der Waals surface area contributed by atoms with Gasteiger partial charge in [-0.2, -0.15) is 0 Å². The van der Waals surface area contributed by atoms with Crippen LogP contribution in [0, 0.1) is 6.92 Å². The van der Waals surface area contributed by atoms with E-state index < -0.39 is 0 Å². The number of morpholine rings is 1. The fraction of sp³-hybridized carbons (Fsp3) is 0.375. The Morgan fingerprint density at radius 2 is 2.13 bits per heavy atom. The van der Waals surface area contributed by atoms with Crippen molar-refractivity contribution in [1.82, 2.24) is 19.9 Å². The molecule has 3 heterocycles. The zero-order valence-electron chi connectivity index (χ0n) is 12.9. The third kappa shape index (κ3) is 3.45. The highest BCUT2D eigenvalue weighted by atomic mass is 16.5. The summed E-state index contributed by atoms with van der Waals surface area (Å²) in [5.41, 5.74) is 1.26. The van der Waals surface area contributed by atoms with Gasteiger partial charge in [0.2, 0.25) is 5.91 Å². The summed E-state index contributed by atoms with van der Waals surface area (Å²) in [5.74, 6) is 0.338. The highest BCUT2D eigenvalue weighted by molar-refractivity contribution is 5.79. The van der Waals surface area contributed by atoms with Crippen molar-refractivity contribution >= 4 is 5.91 Å². The molecule has 0 saturated carbocycles. The zero-order valence-corrected chi connectivity index (χ0v) is 12.9. The number of aromatic amines is 1. The van der Waals surface area contributed by atoms with Crippen LogP contribution in [0.15, 0.2) is 29.2 Å². The highest BCUT2D eigenvalue weighted by Gasteiger charge is 2.20. The van der Waals surface area contributed by atoms with Gasteiger partial charge in [0.25, 0.3) is 5.56 Å². The number of ether oxygens (including phenoxy) is 1. The van der Waals surface area contributed by atoms with Crippen molar-refractivity contribution in [1.29, 1.82) is 0 Å². The van der Waals surface area contributed by atoms with E-state index >= 15 is 0 Å². The smallest absolute Gasteiger partial charge is 0.255 e. The van der Waals surface area contributed by atoms with Crippen LogP contribution in [0.5, 0.6) is 0 Å². The normalized spacial score (nSPS) is 14.7. The SMILES string of the molecule is Cc1nc(-c2ccccn2)[nH]c(=O)c1CC(=O)N1CCOCC1. The topological polar surface area (TPSA) is 88.2 Å². The van der Waals surface area contributed by atoms with Crippen molar-refractivity contribution in [3.05, 3.63) is 46.0 Å². The maximum Gasteiger partial charge on any atom is 0.255 e. The lowest BCUT2D eigenvalue weighted by atomic mass is 10.1. The summed E-state index contributed by atoms with van der Waals surface area (Å²) >= 11 is 0. The van der Waals surface area contributed by atoms with Gasteiger partial charge in [0, 0.05) is 30.5 Å². The second kappa shape index (κ2) is 6.70. The van der Waals surface area contributed by atoms with Gasteiger partial charge >= 0.3 is 0 Å². The standard InChI is InChI=1S/C16H18N4O3/c1-11-12(10-14(21)20-6-8-23-9-7-20)16(22)19-15(18-11)13-4-2-3-5-17-13/h2-5H,6-10H2,1H3,(H,18,19,22). The van der Waals surface area contributed by atoms with Crippen molar-refractivity contribution in [2.24, 2.45) is 0 Å². The lowest BCUT2D eigenvalue weighted by molar-refractivity contribution is -0.134. The number of carbonyl (C=O) groups is 1. The van der Waals surface area contributed by atoms with E-state index in [1.54, 1.807) is 30.2 Å². The minimum atomic E-state index is -0.292. The first-order valence-electron chi connectivity index (χ1n) is 7.52. The van der Waals surface area contributed by atoms with Crippen LogP contribution in [0.4, 0.5) is 0 Å². The summed E-state index contributed by atoms with van der Waals surface area (Å²) < 4.78 is 5.23. The Hall–Kier alpha value is -2.54. The number of nitrogens with zero attached hydrogens (tertiary/aromatic N) is 3. The number of H-pyrrole nitrogens is 1. The number of rotatable bonds is 3. The molecule has 0 bridgehead atoms. The summed E-state index contributed by atoms with van der Waals surface area (Å²) in [6, 6.07) is 5.40. The molecule has 1 saturated heterocycles. The molecule has 0 spiro atoms. The second-order valence-corrected chi connectivity index (χ2v) is 5.36. The van der Waals surface area contributed by atoms with E-state index in [1.165, 1.54) is 0 Å². The van der Waals surface area contributed by atoms with Crippen LogP contribution in [0.25, 0.3) is 11.5 Å². The molecule has 1 fully saturated rings. The minimum Gasteiger partial charge on any atom is -0.378 e. The Kier molecular flexibility index (Phi) is 4.47. The number of nitrogens with one attached hydrogen (secondary N) is 1. The molecule has 7 heteroatoms. The van der Waals surface area contributed by atoms with Crippen LogP contribution in [-0.2, 0) is 16.0 Å². The number of aryl methyl sites for hydroxylation is 1. The molecule has 0 aromatic carbocycles. The molecule has 3 rings (SSSR count). The molecule has 0 atom stereocenters. The number of hydrogen-bond donors (Lipinski definition) is 1. The largest absolute Gasteiger partial charge is 0.378 e. The predicted octanol–water partition coefficient (Wildman–Crippen LogP) is 0.542. The van der Waals surface area contributed by atoms with Crippen molar-refractivity contribution in [3.8, 4) is 11.5 Å². The monoisotopic (exact) mass is 314 g/mol. The molecular formula is C16H18N4O3. The van der Waals surface area contributed by atoms with E-state index in [2.05, 4.69) is 15.0 Å². The number of amides is 1. The van der Waals surface area contributed by atoms with Crippen molar-refractivity contribution in [3.63, 3.8) is 0 Å². The van der Waals surface area contributed by atoms with Crippen molar-refractivity contribution in [2.45, 2.75) is 13.3 Å². The zero-order chi connectivity index (χ0) is 16.2. The maximum atomic E-state index is 12.3. The van der Waals surface area contributed by atoms with E-state index in [-0.39, 0.29) is 17.9 Å². The summed E-state index contributed by atoms with van der Waals surface area (Å²) in [7, 11) is 0. The molecule has 2 aromatic heterocycles. The number of hydrogen-bond acceptors (Lipinski definition) is 5. The van der Waals surface area contributed by atoms with Gasteiger partial charge in [0.15, 0.2) is 5.82 Å². The van der Waals surface area contributed by atoms with Gasteiger partial charge in [-0.3, -0.25) is 14.6 Å². The third-order valence-electron chi connectivity index (χ3n) is 3.82. The van der Waals surface area contributed by atoms with Crippen LogP contribution in [0.1, 0.15) is 11.3 Å². The van der Waals surface area contributed by atoms with E-state index in [0.717, 1.165) is 0 Å². The molecule has 23 heavy (non-hydrogen) atoms. The molecule has 1 N–H and O–H groups in total. The quantitative estimate of drug-likeness (QED) is 0.893. The average Bonchev–Trinajstić information content (AvgIpc) is 2.59. The third-order valence-corrected chi connectivity index (χ3v) is 3.82. The van der Waals surface area contributed by atoms with Gasteiger partial charge < -0.3 is 14.6 Å². The highest BCUT2D eigenvalue weighted by Crippen LogP contribution is 2.12. The predicted molar refractivity (Wildman–Crippen MR) is 83.9 cm³/mol. The Bertz CT molecular complexity index is 752. The van der Waals surface area contributed by atoms with E-state index in [1.807, 2.05) is 6.07 Å². The molecule has 7 nitrogen and oxygen atoms in total. The van der Waals surface area contributed by atoms with Gasteiger partial charge in [-0.1, -0.05) is 6.07 Å². The van der Waals surface area contributed by atoms with E-state index in [0.29, 0.717) is 49.1 Å². The minimum absolute atomic E-state index is 0.0522. The first kappa shape index (κ1) is 15.4.